The molecule has 3 nitrogen and oxygen atoms in total. The highest BCUT2D eigenvalue weighted by Crippen LogP contribution is 2.28. The van der Waals surface area contributed by atoms with Crippen molar-refractivity contribution in [2.24, 2.45) is 0 Å². The average Bonchev–Trinajstić information content (AvgIpc) is 2.47. The maximum atomic E-state index is 5.82. The van der Waals surface area contributed by atoms with Crippen molar-refractivity contribution in [2.75, 3.05) is 39.5 Å². The summed E-state index contributed by atoms with van der Waals surface area (Å²) in [5.74, 6) is 1.67. The Morgan fingerprint density at radius 1 is 1.10 bits per heavy atom. The molecule has 0 amide bonds. The maximum absolute atomic E-state index is 5.82. The summed E-state index contributed by atoms with van der Waals surface area (Å²) in [5, 5.41) is 0. The lowest BCUT2D eigenvalue weighted by molar-refractivity contribution is 0.0853. The number of likely N-dealkylation sites (tertiary alicyclic amines) is 1. The molecule has 0 N–H and O–H groups in total. The Labute approximate surface area is 121 Å². The van der Waals surface area contributed by atoms with E-state index in [1.807, 2.05) is 0 Å². The number of ether oxygens (including phenoxy) is 2. The quantitative estimate of drug-likeness (QED) is 0.745. The van der Waals surface area contributed by atoms with Crippen LogP contribution in [-0.4, -0.2) is 44.4 Å². The van der Waals surface area contributed by atoms with Crippen LogP contribution in [-0.2, 0) is 4.74 Å². The minimum atomic E-state index is 0.671. The maximum Gasteiger partial charge on any atom is 0.119 e. The van der Waals surface area contributed by atoms with Crippen molar-refractivity contribution in [3.05, 3.63) is 29.8 Å². The second kappa shape index (κ2) is 7.09. The molecule has 0 radical (unpaired) electrons. The largest absolute Gasteiger partial charge is 0.494 e. The first kappa shape index (κ1) is 13.9. The fraction of sp³-hybridized carbons (Fsp3) is 0.647. The van der Waals surface area contributed by atoms with E-state index >= 15 is 0 Å². The molecule has 2 fully saturated rings. The molecule has 2 saturated heterocycles. The Morgan fingerprint density at radius 2 is 1.85 bits per heavy atom. The lowest BCUT2D eigenvalue weighted by atomic mass is 9.92. The Kier molecular flexibility index (Phi) is 4.93. The zero-order valence-electron chi connectivity index (χ0n) is 12.2. The lowest BCUT2D eigenvalue weighted by Crippen LogP contribution is -2.38. The number of hydrogen-bond donors (Lipinski definition) is 0. The second-order valence-electron chi connectivity index (χ2n) is 5.85. The van der Waals surface area contributed by atoms with E-state index in [2.05, 4.69) is 29.2 Å². The van der Waals surface area contributed by atoms with Crippen LogP contribution in [0.5, 0.6) is 5.75 Å². The average molecular weight is 275 g/mol. The van der Waals surface area contributed by atoms with Crippen molar-refractivity contribution in [1.29, 1.82) is 0 Å². The molecule has 1 aromatic carbocycles. The second-order valence-corrected chi connectivity index (χ2v) is 5.85. The van der Waals surface area contributed by atoms with Crippen LogP contribution < -0.4 is 4.74 Å². The number of rotatable bonds is 6. The zero-order chi connectivity index (χ0) is 13.6. The molecular formula is C17H25NO2. The van der Waals surface area contributed by atoms with Gasteiger partial charge in [-0.3, -0.25) is 0 Å². The van der Waals surface area contributed by atoms with Crippen molar-refractivity contribution in [3.63, 3.8) is 0 Å². The van der Waals surface area contributed by atoms with Crippen LogP contribution >= 0.6 is 0 Å². The zero-order valence-corrected chi connectivity index (χ0v) is 12.2. The van der Waals surface area contributed by atoms with Gasteiger partial charge in [0, 0.05) is 19.8 Å². The summed E-state index contributed by atoms with van der Waals surface area (Å²) in [4.78, 5) is 2.48. The predicted molar refractivity (Wildman–Crippen MR) is 80.4 cm³/mol. The van der Waals surface area contributed by atoms with Crippen LogP contribution in [0.25, 0.3) is 0 Å². The third kappa shape index (κ3) is 3.74. The van der Waals surface area contributed by atoms with Crippen LogP contribution in [0.3, 0.4) is 0 Å². The molecule has 2 aliphatic heterocycles. The molecule has 0 spiro atoms. The summed E-state index contributed by atoms with van der Waals surface area (Å²) in [6, 6.07) is 8.68. The van der Waals surface area contributed by atoms with Gasteiger partial charge in [-0.25, -0.2) is 0 Å². The van der Waals surface area contributed by atoms with Gasteiger partial charge in [0.05, 0.1) is 6.61 Å². The van der Waals surface area contributed by atoms with E-state index in [0.29, 0.717) is 5.92 Å². The van der Waals surface area contributed by atoms with E-state index < -0.39 is 0 Å². The Morgan fingerprint density at radius 3 is 2.50 bits per heavy atom. The number of hydrogen-bond acceptors (Lipinski definition) is 3. The van der Waals surface area contributed by atoms with E-state index in [-0.39, 0.29) is 0 Å². The first-order chi connectivity index (χ1) is 9.92. The Bertz CT molecular complexity index is 394. The van der Waals surface area contributed by atoms with Gasteiger partial charge in [-0.05, 0) is 62.4 Å². The van der Waals surface area contributed by atoms with Gasteiger partial charge >= 0.3 is 0 Å². The summed E-state index contributed by atoms with van der Waals surface area (Å²) >= 11 is 0. The molecule has 0 saturated carbocycles. The monoisotopic (exact) mass is 275 g/mol. The highest BCUT2D eigenvalue weighted by Gasteiger charge is 2.15. The van der Waals surface area contributed by atoms with Crippen molar-refractivity contribution in [1.82, 2.24) is 4.90 Å². The van der Waals surface area contributed by atoms with E-state index in [4.69, 9.17) is 9.47 Å². The van der Waals surface area contributed by atoms with Crippen LogP contribution in [0.4, 0.5) is 0 Å². The minimum Gasteiger partial charge on any atom is -0.494 e. The topological polar surface area (TPSA) is 21.7 Å². The van der Waals surface area contributed by atoms with Crippen molar-refractivity contribution >= 4 is 0 Å². The fourth-order valence-electron chi connectivity index (χ4n) is 2.95. The van der Waals surface area contributed by atoms with E-state index in [0.717, 1.165) is 44.8 Å². The fourth-order valence-corrected chi connectivity index (χ4v) is 2.95. The molecule has 3 heteroatoms. The Hall–Kier alpha value is -1.06. The molecule has 20 heavy (non-hydrogen) atoms. The van der Waals surface area contributed by atoms with Gasteiger partial charge in [0.1, 0.15) is 5.75 Å². The SMILES string of the molecule is c1cc(C2CCOCC2)ccc1OCCCN1CCC1. The first-order valence-corrected chi connectivity index (χ1v) is 7.95. The number of nitrogens with zero attached hydrogens (tertiary/aromatic N) is 1. The van der Waals surface area contributed by atoms with Gasteiger partial charge in [0.15, 0.2) is 0 Å². The summed E-state index contributed by atoms with van der Waals surface area (Å²) < 4.78 is 11.2. The standard InChI is InChI=1S/C17H25NO2/c1-9-18(10-1)11-2-12-20-17-5-3-15(4-6-17)16-7-13-19-14-8-16/h3-6,16H,1-2,7-14H2. The van der Waals surface area contributed by atoms with E-state index in [1.54, 1.807) is 0 Å². The summed E-state index contributed by atoms with van der Waals surface area (Å²) in [6.07, 6.45) is 4.79. The molecule has 0 unspecified atom stereocenters. The molecule has 2 aliphatic rings. The third-order valence-corrected chi connectivity index (χ3v) is 4.41. The summed E-state index contributed by atoms with van der Waals surface area (Å²) in [5.41, 5.74) is 1.43. The van der Waals surface area contributed by atoms with E-state index in [9.17, 15) is 0 Å². The van der Waals surface area contributed by atoms with Crippen molar-refractivity contribution in [3.8, 4) is 5.75 Å². The van der Waals surface area contributed by atoms with Gasteiger partial charge in [0.25, 0.3) is 0 Å². The third-order valence-electron chi connectivity index (χ3n) is 4.41. The molecule has 0 bridgehead atoms. The van der Waals surface area contributed by atoms with Crippen LogP contribution in [0.1, 0.15) is 37.2 Å². The predicted octanol–water partition coefficient (Wildman–Crippen LogP) is 3.06. The van der Waals surface area contributed by atoms with Crippen molar-refractivity contribution in [2.45, 2.75) is 31.6 Å². The highest BCUT2D eigenvalue weighted by atomic mass is 16.5. The normalized spacial score (nSPS) is 20.6. The van der Waals surface area contributed by atoms with Crippen LogP contribution in [0.2, 0.25) is 0 Å². The molecule has 2 heterocycles. The van der Waals surface area contributed by atoms with Gasteiger partial charge in [-0.2, -0.15) is 0 Å². The lowest BCUT2D eigenvalue weighted by Gasteiger charge is -2.30. The van der Waals surface area contributed by atoms with Gasteiger partial charge in [0.2, 0.25) is 0 Å². The summed E-state index contributed by atoms with van der Waals surface area (Å²) in [6.45, 7) is 6.37. The van der Waals surface area contributed by atoms with Gasteiger partial charge in [-0.1, -0.05) is 12.1 Å². The minimum absolute atomic E-state index is 0.671. The van der Waals surface area contributed by atoms with Gasteiger partial charge < -0.3 is 14.4 Å². The number of benzene rings is 1. The smallest absolute Gasteiger partial charge is 0.119 e. The Balaban J connectivity index is 1.40. The molecule has 0 aromatic heterocycles. The van der Waals surface area contributed by atoms with E-state index in [1.165, 1.54) is 31.6 Å². The first-order valence-electron chi connectivity index (χ1n) is 7.95. The van der Waals surface area contributed by atoms with Gasteiger partial charge in [-0.15, -0.1) is 0 Å². The molecule has 1 aromatic rings. The molecule has 0 atom stereocenters. The molecule has 3 rings (SSSR count). The van der Waals surface area contributed by atoms with Crippen molar-refractivity contribution < 1.29 is 9.47 Å². The van der Waals surface area contributed by atoms with Crippen LogP contribution in [0, 0.1) is 0 Å². The molecule has 110 valence electrons. The summed E-state index contributed by atoms with van der Waals surface area (Å²) in [7, 11) is 0. The van der Waals surface area contributed by atoms with Crippen LogP contribution in [0.15, 0.2) is 24.3 Å². The highest BCUT2D eigenvalue weighted by molar-refractivity contribution is 5.29. The molecular weight excluding hydrogens is 250 g/mol. The molecule has 0 aliphatic carbocycles.